The Kier molecular flexibility index (Phi) is 6.00. The minimum atomic E-state index is -0.307. The number of amides is 1. The Morgan fingerprint density at radius 3 is 2.52 bits per heavy atom. The van der Waals surface area contributed by atoms with E-state index in [1.54, 1.807) is 12.1 Å². The summed E-state index contributed by atoms with van der Waals surface area (Å²) in [5.41, 5.74) is 5.51. The van der Waals surface area contributed by atoms with Gasteiger partial charge in [0.1, 0.15) is 10.8 Å². The molecular formula is C25H22FN3OS. The van der Waals surface area contributed by atoms with Crippen molar-refractivity contribution in [3.63, 3.8) is 0 Å². The standard InChI is InChI=1S/C25H22FN3OS/c1-15-7-8-16(2)21(13-15)27-22(30)14-31-25-20-6-4-5-17(3)23(20)28-24(29-25)18-9-11-19(26)12-10-18/h4-13H,14H2,1-3H3,(H,27,30). The lowest BCUT2D eigenvalue weighted by atomic mass is 10.1. The van der Waals surface area contributed by atoms with Crippen molar-refractivity contribution in [1.82, 2.24) is 9.97 Å². The van der Waals surface area contributed by atoms with Gasteiger partial charge >= 0.3 is 0 Å². The molecular weight excluding hydrogens is 409 g/mol. The SMILES string of the molecule is Cc1ccc(C)c(NC(=O)CSc2nc(-c3ccc(F)cc3)nc3c(C)cccc23)c1. The Bertz CT molecular complexity index is 1270. The van der Waals surface area contributed by atoms with Gasteiger partial charge in [-0.2, -0.15) is 0 Å². The predicted octanol–water partition coefficient (Wildman–Crippen LogP) is 6.09. The minimum Gasteiger partial charge on any atom is -0.325 e. The first-order chi connectivity index (χ1) is 14.9. The quantitative estimate of drug-likeness (QED) is 0.307. The molecule has 0 saturated carbocycles. The lowest BCUT2D eigenvalue weighted by molar-refractivity contribution is -0.113. The van der Waals surface area contributed by atoms with E-state index in [1.807, 2.05) is 57.2 Å². The highest BCUT2D eigenvalue weighted by atomic mass is 32.2. The number of hydrogen-bond donors (Lipinski definition) is 1. The lowest BCUT2D eigenvalue weighted by Gasteiger charge is -2.11. The van der Waals surface area contributed by atoms with Crippen molar-refractivity contribution in [2.75, 3.05) is 11.1 Å². The Morgan fingerprint density at radius 1 is 0.968 bits per heavy atom. The zero-order valence-electron chi connectivity index (χ0n) is 17.6. The molecule has 1 heterocycles. The van der Waals surface area contributed by atoms with E-state index in [2.05, 4.69) is 5.32 Å². The molecule has 0 unspecified atom stereocenters. The first-order valence-electron chi connectivity index (χ1n) is 9.94. The van der Waals surface area contributed by atoms with Gasteiger partial charge in [-0.25, -0.2) is 14.4 Å². The van der Waals surface area contributed by atoms with Crippen LogP contribution in [0.25, 0.3) is 22.3 Å². The number of carbonyl (C=O) groups excluding carboxylic acids is 1. The number of nitrogens with zero attached hydrogens (tertiary/aromatic N) is 2. The summed E-state index contributed by atoms with van der Waals surface area (Å²) in [6.07, 6.45) is 0. The topological polar surface area (TPSA) is 54.9 Å². The molecule has 4 rings (SSSR count). The normalized spacial score (nSPS) is 11.0. The number of para-hydroxylation sites is 1. The molecule has 4 nitrogen and oxygen atoms in total. The second-order valence-corrected chi connectivity index (χ2v) is 8.45. The molecule has 0 radical (unpaired) electrons. The van der Waals surface area contributed by atoms with Crippen LogP contribution in [-0.4, -0.2) is 21.6 Å². The van der Waals surface area contributed by atoms with Gasteiger partial charge in [-0.15, -0.1) is 0 Å². The molecule has 1 amide bonds. The van der Waals surface area contributed by atoms with Gasteiger partial charge in [-0.05, 0) is 67.8 Å². The van der Waals surface area contributed by atoms with Gasteiger partial charge in [0.25, 0.3) is 0 Å². The van der Waals surface area contributed by atoms with Gasteiger partial charge in [-0.3, -0.25) is 4.79 Å². The van der Waals surface area contributed by atoms with Crippen molar-refractivity contribution in [2.24, 2.45) is 0 Å². The Balaban J connectivity index is 1.63. The molecule has 0 bridgehead atoms. The number of thioether (sulfide) groups is 1. The molecule has 0 spiro atoms. The number of halogens is 1. The number of anilines is 1. The number of rotatable bonds is 5. The largest absolute Gasteiger partial charge is 0.325 e. The van der Waals surface area contributed by atoms with Crippen LogP contribution >= 0.6 is 11.8 Å². The van der Waals surface area contributed by atoms with Gasteiger partial charge in [0.15, 0.2) is 5.82 Å². The molecule has 4 aromatic rings. The van der Waals surface area contributed by atoms with Crippen molar-refractivity contribution in [2.45, 2.75) is 25.8 Å². The third kappa shape index (κ3) is 4.75. The maximum Gasteiger partial charge on any atom is 0.234 e. The van der Waals surface area contributed by atoms with E-state index in [4.69, 9.17) is 9.97 Å². The Morgan fingerprint density at radius 2 is 1.74 bits per heavy atom. The summed E-state index contributed by atoms with van der Waals surface area (Å²) in [7, 11) is 0. The smallest absolute Gasteiger partial charge is 0.234 e. The van der Waals surface area contributed by atoms with Gasteiger partial charge in [0.2, 0.25) is 5.91 Å². The van der Waals surface area contributed by atoms with Crippen LogP contribution in [0.5, 0.6) is 0 Å². The fraction of sp³-hybridized carbons (Fsp3) is 0.160. The number of hydrogen-bond acceptors (Lipinski definition) is 4. The van der Waals surface area contributed by atoms with Crippen molar-refractivity contribution >= 4 is 34.3 Å². The molecule has 1 aromatic heterocycles. The fourth-order valence-corrected chi connectivity index (χ4v) is 4.11. The molecule has 3 aromatic carbocycles. The van der Waals surface area contributed by atoms with E-state index in [0.717, 1.165) is 43.9 Å². The maximum absolute atomic E-state index is 13.4. The second-order valence-electron chi connectivity index (χ2n) is 7.49. The van der Waals surface area contributed by atoms with Crippen LogP contribution in [0.1, 0.15) is 16.7 Å². The highest BCUT2D eigenvalue weighted by molar-refractivity contribution is 8.00. The van der Waals surface area contributed by atoms with E-state index in [9.17, 15) is 9.18 Å². The molecule has 0 fully saturated rings. The van der Waals surface area contributed by atoms with Crippen LogP contribution in [0, 0.1) is 26.6 Å². The summed E-state index contributed by atoms with van der Waals surface area (Å²) in [4.78, 5) is 22.0. The van der Waals surface area contributed by atoms with E-state index < -0.39 is 0 Å². The van der Waals surface area contributed by atoms with E-state index in [-0.39, 0.29) is 17.5 Å². The Hall–Kier alpha value is -3.25. The number of nitrogens with one attached hydrogen (secondary N) is 1. The zero-order chi connectivity index (χ0) is 22.0. The minimum absolute atomic E-state index is 0.0959. The molecule has 0 saturated heterocycles. The molecule has 0 atom stereocenters. The van der Waals surface area contributed by atoms with Gasteiger partial charge < -0.3 is 5.32 Å². The van der Waals surface area contributed by atoms with Gasteiger partial charge in [0, 0.05) is 16.6 Å². The number of benzene rings is 3. The Labute approximate surface area is 184 Å². The third-order valence-corrected chi connectivity index (χ3v) is 5.99. The van der Waals surface area contributed by atoms with Crippen LogP contribution in [0.2, 0.25) is 0 Å². The zero-order valence-corrected chi connectivity index (χ0v) is 18.4. The monoisotopic (exact) mass is 431 g/mol. The van der Waals surface area contributed by atoms with Crippen LogP contribution in [0.3, 0.4) is 0 Å². The molecule has 0 aliphatic rings. The van der Waals surface area contributed by atoms with Crippen molar-refractivity contribution < 1.29 is 9.18 Å². The lowest BCUT2D eigenvalue weighted by Crippen LogP contribution is -2.15. The number of aryl methyl sites for hydroxylation is 3. The summed E-state index contributed by atoms with van der Waals surface area (Å²) in [5, 5.41) is 4.61. The molecule has 0 aliphatic carbocycles. The van der Waals surface area contributed by atoms with E-state index >= 15 is 0 Å². The molecule has 6 heteroatoms. The highest BCUT2D eigenvalue weighted by Gasteiger charge is 2.14. The second kappa shape index (κ2) is 8.86. The van der Waals surface area contributed by atoms with Gasteiger partial charge in [-0.1, -0.05) is 42.1 Å². The third-order valence-electron chi connectivity index (χ3n) is 5.00. The van der Waals surface area contributed by atoms with Crippen LogP contribution in [0.15, 0.2) is 65.7 Å². The number of aromatic nitrogens is 2. The molecule has 1 N–H and O–H groups in total. The summed E-state index contributed by atoms with van der Waals surface area (Å²) in [5.74, 6) is 0.329. The van der Waals surface area contributed by atoms with Crippen LogP contribution in [-0.2, 0) is 4.79 Å². The first-order valence-corrected chi connectivity index (χ1v) is 10.9. The summed E-state index contributed by atoms with van der Waals surface area (Å²) >= 11 is 1.37. The van der Waals surface area contributed by atoms with Gasteiger partial charge in [0.05, 0.1) is 11.3 Å². The van der Waals surface area contributed by atoms with Crippen molar-refractivity contribution in [3.05, 3.63) is 83.2 Å². The number of carbonyl (C=O) groups is 1. The molecule has 156 valence electrons. The van der Waals surface area contributed by atoms with Crippen molar-refractivity contribution in [3.8, 4) is 11.4 Å². The summed E-state index contributed by atoms with van der Waals surface area (Å²) in [6.45, 7) is 5.96. The molecule has 31 heavy (non-hydrogen) atoms. The van der Waals surface area contributed by atoms with Crippen LogP contribution in [0.4, 0.5) is 10.1 Å². The predicted molar refractivity (Wildman–Crippen MR) is 125 cm³/mol. The average Bonchev–Trinajstić information content (AvgIpc) is 2.75. The maximum atomic E-state index is 13.4. The summed E-state index contributed by atoms with van der Waals surface area (Å²) in [6, 6.07) is 18.0. The fourth-order valence-electron chi connectivity index (χ4n) is 3.30. The average molecular weight is 432 g/mol. The van der Waals surface area contributed by atoms with Crippen molar-refractivity contribution in [1.29, 1.82) is 0 Å². The number of fused-ring (bicyclic) bond motifs is 1. The van der Waals surface area contributed by atoms with E-state index in [0.29, 0.717) is 5.82 Å². The highest BCUT2D eigenvalue weighted by Crippen LogP contribution is 2.30. The summed E-state index contributed by atoms with van der Waals surface area (Å²) < 4.78 is 13.4. The molecule has 0 aliphatic heterocycles. The van der Waals surface area contributed by atoms with E-state index in [1.165, 1.54) is 23.9 Å². The van der Waals surface area contributed by atoms with Crippen LogP contribution < -0.4 is 5.32 Å². The first kappa shape index (κ1) is 21.0.